The van der Waals surface area contributed by atoms with E-state index in [4.69, 9.17) is 5.26 Å². The van der Waals surface area contributed by atoms with Gasteiger partial charge in [-0.25, -0.2) is 0 Å². The largest absolute Gasteiger partial charge is 0.387 e. The molecule has 0 radical (unpaired) electrons. The Morgan fingerprint density at radius 2 is 2.10 bits per heavy atom. The fourth-order valence-electron chi connectivity index (χ4n) is 1.81. The van der Waals surface area contributed by atoms with Crippen molar-refractivity contribution >= 4 is 17.3 Å². The van der Waals surface area contributed by atoms with E-state index < -0.39 is 0 Å². The first-order valence-corrected chi connectivity index (χ1v) is 6.09. The number of aromatic nitrogens is 1. The van der Waals surface area contributed by atoms with Gasteiger partial charge in [-0.15, -0.1) is 0 Å². The molecule has 0 saturated heterocycles. The number of benzene rings is 1. The van der Waals surface area contributed by atoms with Crippen molar-refractivity contribution in [2.45, 2.75) is 6.92 Å². The monoisotopic (exact) mass is 266 g/mol. The number of pyridine rings is 1. The van der Waals surface area contributed by atoms with Crippen LogP contribution in [-0.2, 0) is 0 Å². The molecule has 0 fully saturated rings. The number of hydrogen-bond acceptors (Lipinski definition) is 4. The molecule has 0 atom stereocenters. The summed E-state index contributed by atoms with van der Waals surface area (Å²) in [4.78, 5) is 16.2. The van der Waals surface area contributed by atoms with Crippen LogP contribution in [0, 0.1) is 18.3 Å². The second kappa shape index (κ2) is 5.85. The third-order valence-electron chi connectivity index (χ3n) is 2.95. The number of rotatable bonds is 3. The minimum absolute atomic E-state index is 0.263. The summed E-state index contributed by atoms with van der Waals surface area (Å²) in [6, 6.07) is 8.96. The van der Waals surface area contributed by atoms with E-state index in [2.05, 4.69) is 21.7 Å². The zero-order chi connectivity index (χ0) is 14.5. The van der Waals surface area contributed by atoms with Crippen LogP contribution >= 0.6 is 0 Å². The fraction of sp³-hybridized carbons (Fsp3) is 0.133. The van der Waals surface area contributed by atoms with Crippen molar-refractivity contribution in [3.8, 4) is 6.07 Å². The number of nitrogens with one attached hydrogen (secondary N) is 2. The molecule has 100 valence electrons. The molecule has 1 aromatic heterocycles. The Morgan fingerprint density at radius 3 is 2.80 bits per heavy atom. The summed E-state index contributed by atoms with van der Waals surface area (Å²) in [5.74, 6) is -0.263. The molecule has 5 nitrogen and oxygen atoms in total. The van der Waals surface area contributed by atoms with Gasteiger partial charge in [0.25, 0.3) is 5.91 Å². The van der Waals surface area contributed by atoms with Crippen LogP contribution in [0.25, 0.3) is 0 Å². The lowest BCUT2D eigenvalue weighted by atomic mass is 10.1. The third-order valence-corrected chi connectivity index (χ3v) is 2.95. The molecule has 2 aromatic rings. The predicted octanol–water partition coefficient (Wildman–Crippen LogP) is 2.56. The summed E-state index contributed by atoms with van der Waals surface area (Å²) in [6.07, 6.45) is 3.12. The molecule has 1 aromatic carbocycles. The average Bonchev–Trinajstić information content (AvgIpc) is 2.49. The van der Waals surface area contributed by atoms with Gasteiger partial charge in [0, 0.05) is 30.8 Å². The second-order valence-electron chi connectivity index (χ2n) is 4.27. The van der Waals surface area contributed by atoms with Gasteiger partial charge < -0.3 is 10.6 Å². The summed E-state index contributed by atoms with van der Waals surface area (Å²) in [5, 5.41) is 14.7. The van der Waals surface area contributed by atoms with E-state index >= 15 is 0 Å². The highest BCUT2D eigenvalue weighted by Crippen LogP contribution is 2.19. The quantitative estimate of drug-likeness (QED) is 0.895. The Balaban J connectivity index is 2.30. The van der Waals surface area contributed by atoms with Gasteiger partial charge in [0.05, 0.1) is 17.2 Å². The number of nitrogens with zero attached hydrogens (tertiary/aromatic N) is 2. The summed E-state index contributed by atoms with van der Waals surface area (Å²) in [6.45, 7) is 1.87. The molecule has 2 rings (SSSR count). The molecule has 1 heterocycles. The van der Waals surface area contributed by atoms with E-state index in [1.807, 2.05) is 6.92 Å². The van der Waals surface area contributed by atoms with Crippen LogP contribution in [-0.4, -0.2) is 17.9 Å². The number of nitriles is 1. The summed E-state index contributed by atoms with van der Waals surface area (Å²) in [5.41, 5.74) is 3.18. The zero-order valence-corrected chi connectivity index (χ0v) is 11.3. The van der Waals surface area contributed by atoms with E-state index in [1.54, 1.807) is 37.5 Å². The first-order valence-electron chi connectivity index (χ1n) is 6.09. The zero-order valence-electron chi connectivity index (χ0n) is 11.3. The fourth-order valence-corrected chi connectivity index (χ4v) is 1.81. The SMILES string of the molecule is CNc1ccncc1C(=O)Nc1cc(C#N)ccc1C. The predicted molar refractivity (Wildman–Crippen MR) is 77.6 cm³/mol. The summed E-state index contributed by atoms with van der Waals surface area (Å²) >= 11 is 0. The van der Waals surface area contributed by atoms with Gasteiger partial charge in [-0.2, -0.15) is 5.26 Å². The average molecular weight is 266 g/mol. The lowest BCUT2D eigenvalue weighted by molar-refractivity contribution is 0.102. The molecular weight excluding hydrogens is 252 g/mol. The van der Waals surface area contributed by atoms with Crippen LogP contribution in [0.3, 0.4) is 0 Å². The smallest absolute Gasteiger partial charge is 0.259 e. The normalized spacial score (nSPS) is 9.65. The highest BCUT2D eigenvalue weighted by Gasteiger charge is 2.12. The van der Waals surface area contributed by atoms with Crippen molar-refractivity contribution in [3.05, 3.63) is 53.3 Å². The number of aryl methyl sites for hydroxylation is 1. The lowest BCUT2D eigenvalue weighted by Gasteiger charge is -2.11. The van der Waals surface area contributed by atoms with Gasteiger partial charge in [-0.3, -0.25) is 9.78 Å². The van der Waals surface area contributed by atoms with Gasteiger partial charge >= 0.3 is 0 Å². The van der Waals surface area contributed by atoms with Crippen LogP contribution in [0.2, 0.25) is 0 Å². The lowest BCUT2D eigenvalue weighted by Crippen LogP contribution is -2.15. The third kappa shape index (κ3) is 2.75. The van der Waals surface area contributed by atoms with E-state index in [0.717, 1.165) is 5.56 Å². The Kier molecular flexibility index (Phi) is 3.96. The maximum absolute atomic E-state index is 12.3. The van der Waals surface area contributed by atoms with Gasteiger partial charge in [0.2, 0.25) is 0 Å². The first-order chi connectivity index (χ1) is 9.65. The number of hydrogen-bond donors (Lipinski definition) is 2. The molecule has 0 spiro atoms. The Hall–Kier alpha value is -2.87. The van der Waals surface area contributed by atoms with Gasteiger partial charge in [0.15, 0.2) is 0 Å². The number of amides is 1. The van der Waals surface area contributed by atoms with Gasteiger partial charge in [-0.1, -0.05) is 6.07 Å². The maximum atomic E-state index is 12.3. The van der Waals surface area contributed by atoms with E-state index in [-0.39, 0.29) is 5.91 Å². The maximum Gasteiger partial charge on any atom is 0.259 e. The van der Waals surface area contributed by atoms with E-state index in [0.29, 0.717) is 22.5 Å². The molecule has 5 heteroatoms. The number of carbonyl (C=O) groups is 1. The van der Waals surface area contributed by atoms with Crippen molar-refractivity contribution in [1.29, 1.82) is 5.26 Å². The van der Waals surface area contributed by atoms with Crippen LogP contribution in [0.15, 0.2) is 36.7 Å². The number of carbonyl (C=O) groups excluding carboxylic acids is 1. The molecule has 0 unspecified atom stereocenters. The van der Waals surface area contributed by atoms with Crippen molar-refractivity contribution in [1.82, 2.24) is 4.98 Å². The minimum Gasteiger partial charge on any atom is -0.387 e. The standard InChI is InChI=1S/C15H14N4O/c1-10-3-4-11(8-16)7-14(10)19-15(20)12-9-18-6-5-13(12)17-2/h3-7,9H,1-2H3,(H,17,18)(H,19,20). The van der Waals surface area contributed by atoms with Crippen molar-refractivity contribution in [3.63, 3.8) is 0 Å². The molecular formula is C15H14N4O. The highest BCUT2D eigenvalue weighted by molar-refractivity contribution is 6.08. The molecule has 2 N–H and O–H groups in total. The van der Waals surface area contributed by atoms with Crippen LogP contribution in [0.1, 0.15) is 21.5 Å². The Bertz CT molecular complexity index is 689. The topological polar surface area (TPSA) is 77.8 Å². The van der Waals surface area contributed by atoms with Crippen LogP contribution < -0.4 is 10.6 Å². The first kappa shape index (κ1) is 13.6. The summed E-state index contributed by atoms with van der Waals surface area (Å²) < 4.78 is 0. The molecule has 0 aliphatic carbocycles. The van der Waals surface area contributed by atoms with Crippen molar-refractivity contribution in [2.75, 3.05) is 17.7 Å². The second-order valence-corrected chi connectivity index (χ2v) is 4.27. The summed E-state index contributed by atoms with van der Waals surface area (Å²) in [7, 11) is 1.74. The van der Waals surface area contributed by atoms with Crippen molar-refractivity contribution in [2.24, 2.45) is 0 Å². The van der Waals surface area contributed by atoms with Crippen LogP contribution in [0.5, 0.6) is 0 Å². The van der Waals surface area contributed by atoms with Crippen molar-refractivity contribution < 1.29 is 4.79 Å². The Labute approximate surface area is 117 Å². The van der Waals surface area contributed by atoms with Gasteiger partial charge in [0.1, 0.15) is 0 Å². The van der Waals surface area contributed by atoms with E-state index in [9.17, 15) is 4.79 Å². The Morgan fingerprint density at radius 1 is 1.30 bits per heavy atom. The molecule has 1 amide bonds. The van der Waals surface area contributed by atoms with Gasteiger partial charge in [-0.05, 0) is 30.7 Å². The van der Waals surface area contributed by atoms with E-state index in [1.165, 1.54) is 6.20 Å². The molecule has 0 aliphatic heterocycles. The number of anilines is 2. The molecule has 0 aliphatic rings. The molecule has 0 saturated carbocycles. The minimum atomic E-state index is -0.263. The molecule has 20 heavy (non-hydrogen) atoms. The van der Waals surface area contributed by atoms with Crippen LogP contribution in [0.4, 0.5) is 11.4 Å². The highest BCUT2D eigenvalue weighted by atomic mass is 16.1. The molecule has 0 bridgehead atoms.